The normalized spacial score (nSPS) is 12.6. The van der Waals surface area contributed by atoms with Crippen molar-refractivity contribution in [3.63, 3.8) is 0 Å². The van der Waals surface area contributed by atoms with Crippen LogP contribution in [0.1, 0.15) is 27.2 Å². The van der Waals surface area contributed by atoms with E-state index >= 15 is 0 Å². The van der Waals surface area contributed by atoms with Crippen LogP contribution in [0.15, 0.2) is 4.99 Å². The largest absolute Gasteiger partial charge is 0.466 e. The van der Waals surface area contributed by atoms with Crippen LogP contribution in [0.25, 0.3) is 5.32 Å². The molecule has 0 rings (SSSR count). The molecule has 0 amide bonds. The molecule has 0 unspecified atom stereocenters. The first kappa shape index (κ1) is 16.3. The average molecular weight is 261 g/mol. The van der Waals surface area contributed by atoms with Crippen LogP contribution >= 0.6 is 0 Å². The maximum Gasteiger partial charge on any atom is 0.388 e. The summed E-state index contributed by atoms with van der Waals surface area (Å²) < 4.78 is 35.2. The molecule has 0 aliphatic carbocycles. The minimum absolute atomic E-state index is 0. The molecule has 2 nitrogen and oxygen atoms in total. The van der Waals surface area contributed by atoms with Crippen LogP contribution < -0.4 is 0 Å². The maximum atomic E-state index is 11.7. The summed E-state index contributed by atoms with van der Waals surface area (Å²) in [7, 11) is 0. The quantitative estimate of drug-likeness (QED) is 0.423. The SMILES string of the molecule is CCC(=NC(C)C)[N-]CC(F)(F)F.[Zn]. The summed E-state index contributed by atoms with van der Waals surface area (Å²) in [5, 5.41) is 3.38. The molecule has 6 heteroatoms. The smallest absolute Gasteiger partial charge is 0.388 e. The molecule has 0 fully saturated rings. The van der Waals surface area contributed by atoms with Gasteiger partial charge in [0.25, 0.3) is 0 Å². The standard InChI is InChI=1S/C8H14F3N2.Zn/c1-4-7(13-6(2)3)12-5-8(9,10)11;/h6H,4-5H2,1-3H3;/q-1;. The molecule has 0 saturated heterocycles. The van der Waals surface area contributed by atoms with E-state index in [1.165, 1.54) is 0 Å². The molecule has 0 heterocycles. The zero-order valence-corrected chi connectivity index (χ0v) is 11.7. The van der Waals surface area contributed by atoms with Gasteiger partial charge in [-0.3, -0.25) is 0 Å². The maximum absolute atomic E-state index is 11.7. The Hall–Kier alpha value is -0.117. The second-order valence-corrected chi connectivity index (χ2v) is 2.92. The number of hydrogen-bond donors (Lipinski definition) is 0. The Balaban J connectivity index is 0. The fraction of sp³-hybridized carbons (Fsp3) is 0.875. The predicted octanol–water partition coefficient (Wildman–Crippen LogP) is 3.14. The molecule has 0 aliphatic rings. The van der Waals surface area contributed by atoms with Crippen molar-refractivity contribution in [2.24, 2.45) is 4.99 Å². The van der Waals surface area contributed by atoms with Crippen LogP contribution in [-0.4, -0.2) is 24.6 Å². The van der Waals surface area contributed by atoms with Crippen molar-refractivity contribution in [3.8, 4) is 0 Å². The van der Waals surface area contributed by atoms with E-state index in [1.54, 1.807) is 20.8 Å². The van der Waals surface area contributed by atoms with Crippen molar-refractivity contribution in [2.75, 3.05) is 6.54 Å². The number of halogens is 3. The van der Waals surface area contributed by atoms with Crippen molar-refractivity contribution in [3.05, 3.63) is 5.32 Å². The monoisotopic (exact) mass is 259 g/mol. The van der Waals surface area contributed by atoms with Gasteiger partial charge in [-0.05, 0) is 12.5 Å². The fourth-order valence-corrected chi connectivity index (χ4v) is 0.723. The van der Waals surface area contributed by atoms with Crippen LogP contribution in [0, 0.1) is 0 Å². The van der Waals surface area contributed by atoms with E-state index in [2.05, 4.69) is 10.3 Å². The molecule has 0 N–H and O–H groups in total. The van der Waals surface area contributed by atoms with Gasteiger partial charge in [0.2, 0.25) is 0 Å². The van der Waals surface area contributed by atoms with Gasteiger partial charge in [0.05, 0.1) is 0 Å². The molecule has 14 heavy (non-hydrogen) atoms. The van der Waals surface area contributed by atoms with Gasteiger partial charge < -0.3 is 10.3 Å². The summed E-state index contributed by atoms with van der Waals surface area (Å²) in [6.07, 6.45) is -3.79. The number of nitrogens with zero attached hydrogens (tertiary/aromatic N) is 2. The zero-order chi connectivity index (χ0) is 10.5. The topological polar surface area (TPSA) is 26.5 Å². The van der Waals surface area contributed by atoms with Crippen molar-refractivity contribution in [2.45, 2.75) is 39.4 Å². The second kappa shape index (κ2) is 7.21. The van der Waals surface area contributed by atoms with Gasteiger partial charge in [-0.15, -0.1) is 0 Å². The Morgan fingerprint density at radius 3 is 2.14 bits per heavy atom. The Morgan fingerprint density at radius 2 is 1.86 bits per heavy atom. The molecule has 80 valence electrons. The summed E-state index contributed by atoms with van der Waals surface area (Å²) >= 11 is 0. The van der Waals surface area contributed by atoms with Crippen LogP contribution in [0.2, 0.25) is 0 Å². The molecular formula is C8H14F3N2Zn-. The third-order valence-corrected chi connectivity index (χ3v) is 1.16. The molecule has 0 spiro atoms. The van der Waals surface area contributed by atoms with E-state index in [0.717, 1.165) is 0 Å². The van der Waals surface area contributed by atoms with Crippen molar-refractivity contribution in [1.82, 2.24) is 0 Å². The van der Waals surface area contributed by atoms with Gasteiger partial charge in [-0.1, -0.05) is 26.6 Å². The van der Waals surface area contributed by atoms with E-state index in [0.29, 0.717) is 6.42 Å². The number of amidine groups is 1. The predicted molar refractivity (Wildman–Crippen MR) is 47.1 cm³/mol. The molecule has 0 aromatic heterocycles. The number of aliphatic imine (C=N–C) groups is 1. The fourth-order valence-electron chi connectivity index (χ4n) is 0.723. The number of rotatable bonds is 3. The first-order valence-electron chi connectivity index (χ1n) is 4.16. The zero-order valence-electron chi connectivity index (χ0n) is 8.73. The third kappa shape index (κ3) is 9.97. The molecule has 0 aromatic rings. The molecule has 0 radical (unpaired) electrons. The van der Waals surface area contributed by atoms with Crippen molar-refractivity contribution >= 4 is 5.84 Å². The molecule has 0 bridgehead atoms. The Kier molecular flexibility index (Phi) is 8.41. The van der Waals surface area contributed by atoms with Gasteiger partial charge >= 0.3 is 6.18 Å². The summed E-state index contributed by atoms with van der Waals surface area (Å²) in [5.41, 5.74) is 0. The molecule has 0 atom stereocenters. The van der Waals surface area contributed by atoms with Crippen LogP contribution in [0.5, 0.6) is 0 Å². The summed E-state index contributed by atoms with van der Waals surface area (Å²) in [6.45, 7) is 4.21. The number of alkyl halides is 3. The number of hydrogen-bond acceptors (Lipinski definition) is 1. The van der Waals surface area contributed by atoms with Gasteiger partial charge in [0.15, 0.2) is 0 Å². The van der Waals surface area contributed by atoms with E-state index in [-0.39, 0.29) is 31.4 Å². The molecule has 0 aliphatic heterocycles. The third-order valence-electron chi connectivity index (χ3n) is 1.16. The Labute approximate surface area is 95.1 Å². The van der Waals surface area contributed by atoms with Gasteiger partial charge in [0, 0.05) is 26.0 Å². The van der Waals surface area contributed by atoms with Gasteiger partial charge in [0.1, 0.15) is 0 Å². The summed E-state index contributed by atoms with van der Waals surface area (Å²) in [6, 6.07) is -0.00747. The van der Waals surface area contributed by atoms with Crippen LogP contribution in [0.3, 0.4) is 0 Å². The first-order chi connectivity index (χ1) is 5.85. The van der Waals surface area contributed by atoms with E-state index < -0.39 is 12.7 Å². The van der Waals surface area contributed by atoms with Gasteiger partial charge in [-0.2, -0.15) is 13.2 Å². The second-order valence-electron chi connectivity index (χ2n) is 2.92. The van der Waals surface area contributed by atoms with Crippen LogP contribution in [0.4, 0.5) is 13.2 Å². The van der Waals surface area contributed by atoms with Crippen molar-refractivity contribution < 1.29 is 32.6 Å². The minimum Gasteiger partial charge on any atom is -0.466 e. The Bertz CT molecular complexity index is 178. The van der Waals surface area contributed by atoms with Crippen LogP contribution in [-0.2, 0) is 19.5 Å². The minimum atomic E-state index is -4.23. The summed E-state index contributed by atoms with van der Waals surface area (Å²) in [4.78, 5) is 3.95. The van der Waals surface area contributed by atoms with Crippen molar-refractivity contribution in [1.29, 1.82) is 0 Å². The van der Waals surface area contributed by atoms with E-state index in [1.807, 2.05) is 0 Å². The Morgan fingerprint density at radius 1 is 1.36 bits per heavy atom. The van der Waals surface area contributed by atoms with E-state index in [4.69, 9.17) is 0 Å². The molecule has 0 aromatic carbocycles. The first-order valence-corrected chi connectivity index (χ1v) is 4.16. The van der Waals surface area contributed by atoms with E-state index in [9.17, 15) is 13.2 Å². The average Bonchev–Trinajstić information content (AvgIpc) is 1.95. The van der Waals surface area contributed by atoms with Gasteiger partial charge in [-0.25, -0.2) is 0 Å². The molecule has 0 saturated carbocycles. The summed E-state index contributed by atoms with van der Waals surface area (Å²) in [5.74, 6) is 0.285. The molecular weight excluding hydrogens is 246 g/mol.